The van der Waals surface area contributed by atoms with Crippen LogP contribution < -0.4 is 4.18 Å². The van der Waals surface area contributed by atoms with Gasteiger partial charge in [0.15, 0.2) is 0 Å². The lowest BCUT2D eigenvalue weighted by Gasteiger charge is -2.29. The summed E-state index contributed by atoms with van der Waals surface area (Å²) in [7, 11) is -3.57. The molecule has 3 rings (SSSR count). The molecule has 5 nitrogen and oxygen atoms in total. The number of benzene rings is 3. The number of rotatable bonds is 7. The number of amides is 1. The molecule has 3 aromatic rings. The van der Waals surface area contributed by atoms with Gasteiger partial charge in [0.25, 0.3) is 5.91 Å². The van der Waals surface area contributed by atoms with Crippen LogP contribution in [0, 0.1) is 0 Å². The maximum atomic E-state index is 13.4. The molecule has 0 saturated carbocycles. The molecule has 0 N–H and O–H groups in total. The van der Waals surface area contributed by atoms with Crippen LogP contribution in [0.25, 0.3) is 10.8 Å². The highest BCUT2D eigenvalue weighted by Crippen LogP contribution is 2.23. The smallest absolute Gasteiger partial charge is 0.306 e. The summed E-state index contributed by atoms with van der Waals surface area (Å²) in [6.45, 7) is 4.51. The maximum absolute atomic E-state index is 13.4. The summed E-state index contributed by atoms with van der Waals surface area (Å²) >= 11 is 0. The second kappa shape index (κ2) is 8.66. The molecule has 0 fully saturated rings. The second-order valence-electron chi connectivity index (χ2n) is 7.15. The minimum Gasteiger partial charge on any atom is -0.383 e. The normalized spacial score (nSPS) is 12.5. The van der Waals surface area contributed by atoms with E-state index in [0.717, 1.165) is 29.0 Å². The Morgan fingerprint density at radius 3 is 2.31 bits per heavy atom. The number of fused-ring (bicyclic) bond motifs is 1. The van der Waals surface area contributed by atoms with Crippen molar-refractivity contribution >= 4 is 26.8 Å². The van der Waals surface area contributed by atoms with Crippen molar-refractivity contribution in [1.82, 2.24) is 4.90 Å². The van der Waals surface area contributed by atoms with E-state index in [1.165, 1.54) is 0 Å². The number of hydrogen-bond donors (Lipinski definition) is 0. The van der Waals surface area contributed by atoms with Crippen LogP contribution in [-0.4, -0.2) is 31.5 Å². The summed E-state index contributed by atoms with van der Waals surface area (Å²) in [5.41, 5.74) is 1.58. The largest absolute Gasteiger partial charge is 0.383 e. The first-order valence-electron chi connectivity index (χ1n) is 9.55. The van der Waals surface area contributed by atoms with E-state index in [9.17, 15) is 13.2 Å². The molecule has 1 unspecified atom stereocenters. The number of carbonyl (C=O) groups is 1. The van der Waals surface area contributed by atoms with Crippen molar-refractivity contribution in [2.24, 2.45) is 0 Å². The highest BCUT2D eigenvalue weighted by Gasteiger charge is 2.22. The van der Waals surface area contributed by atoms with Gasteiger partial charge in [0.05, 0.1) is 6.26 Å². The van der Waals surface area contributed by atoms with E-state index in [1.54, 1.807) is 24.3 Å². The van der Waals surface area contributed by atoms with E-state index >= 15 is 0 Å². The minimum atomic E-state index is -3.57. The Morgan fingerprint density at radius 1 is 1.00 bits per heavy atom. The Kier molecular flexibility index (Phi) is 6.23. The molecule has 0 aliphatic rings. The third-order valence-electron chi connectivity index (χ3n) is 4.93. The predicted molar refractivity (Wildman–Crippen MR) is 115 cm³/mol. The molecule has 0 saturated heterocycles. The number of carbonyl (C=O) groups excluding carboxylic acids is 1. The lowest BCUT2D eigenvalue weighted by atomic mass is 10.0. The summed E-state index contributed by atoms with van der Waals surface area (Å²) in [4.78, 5) is 15.3. The van der Waals surface area contributed by atoms with Crippen molar-refractivity contribution in [2.75, 3.05) is 6.26 Å². The van der Waals surface area contributed by atoms with Crippen LogP contribution in [0.5, 0.6) is 5.75 Å². The van der Waals surface area contributed by atoms with Gasteiger partial charge in [-0.3, -0.25) is 4.79 Å². The zero-order valence-electron chi connectivity index (χ0n) is 16.8. The van der Waals surface area contributed by atoms with Crippen LogP contribution in [0.2, 0.25) is 0 Å². The fourth-order valence-electron chi connectivity index (χ4n) is 3.24. The van der Waals surface area contributed by atoms with E-state index in [-0.39, 0.29) is 17.7 Å². The first-order chi connectivity index (χ1) is 13.8. The van der Waals surface area contributed by atoms with Crippen LogP contribution in [-0.2, 0) is 16.7 Å². The molecule has 0 radical (unpaired) electrons. The van der Waals surface area contributed by atoms with Gasteiger partial charge in [-0.1, -0.05) is 55.5 Å². The lowest BCUT2D eigenvalue weighted by Crippen LogP contribution is -2.37. The van der Waals surface area contributed by atoms with Crippen LogP contribution >= 0.6 is 0 Å². The van der Waals surface area contributed by atoms with Gasteiger partial charge >= 0.3 is 10.1 Å². The third kappa shape index (κ3) is 5.15. The number of hydrogen-bond acceptors (Lipinski definition) is 4. The zero-order chi connectivity index (χ0) is 21.0. The molecule has 6 heteroatoms. The Bertz CT molecular complexity index is 1100. The molecule has 0 heterocycles. The van der Waals surface area contributed by atoms with Crippen molar-refractivity contribution in [2.45, 2.75) is 32.9 Å². The van der Waals surface area contributed by atoms with Crippen LogP contribution in [0.15, 0.2) is 66.7 Å². The molecule has 3 aromatic carbocycles. The number of nitrogens with zero attached hydrogens (tertiary/aromatic N) is 1. The van der Waals surface area contributed by atoms with E-state index < -0.39 is 10.1 Å². The van der Waals surface area contributed by atoms with Crippen LogP contribution in [0.1, 0.15) is 36.2 Å². The van der Waals surface area contributed by atoms with Gasteiger partial charge in [0.2, 0.25) is 0 Å². The average Bonchev–Trinajstić information content (AvgIpc) is 2.70. The summed E-state index contributed by atoms with van der Waals surface area (Å²) in [6, 6.07) is 20.5. The summed E-state index contributed by atoms with van der Waals surface area (Å²) in [6.07, 6.45) is 1.83. The Hall–Kier alpha value is -2.86. The molecule has 0 aliphatic heterocycles. The first-order valence-corrected chi connectivity index (χ1v) is 11.4. The van der Waals surface area contributed by atoms with Gasteiger partial charge < -0.3 is 9.08 Å². The highest BCUT2D eigenvalue weighted by molar-refractivity contribution is 7.86. The summed E-state index contributed by atoms with van der Waals surface area (Å²) < 4.78 is 27.4. The molecule has 29 heavy (non-hydrogen) atoms. The Labute approximate surface area is 172 Å². The Morgan fingerprint density at radius 2 is 1.66 bits per heavy atom. The molecule has 1 amide bonds. The van der Waals surface area contributed by atoms with E-state index in [0.29, 0.717) is 12.1 Å². The molecule has 152 valence electrons. The molecule has 1 atom stereocenters. The van der Waals surface area contributed by atoms with Gasteiger partial charge in [0.1, 0.15) is 5.75 Å². The zero-order valence-corrected chi connectivity index (χ0v) is 17.6. The minimum absolute atomic E-state index is 0.0207. The van der Waals surface area contributed by atoms with Crippen molar-refractivity contribution in [3.05, 3.63) is 77.9 Å². The maximum Gasteiger partial charge on any atom is 0.306 e. The second-order valence-corrected chi connectivity index (χ2v) is 8.72. The fourth-order valence-corrected chi connectivity index (χ4v) is 3.70. The fraction of sp³-hybridized carbons (Fsp3) is 0.261. The third-order valence-corrected chi connectivity index (χ3v) is 5.42. The Balaban J connectivity index is 1.89. The molecule has 0 aliphatic carbocycles. The lowest BCUT2D eigenvalue weighted by molar-refractivity contribution is 0.0673. The topological polar surface area (TPSA) is 63.7 Å². The van der Waals surface area contributed by atoms with Crippen molar-refractivity contribution in [3.63, 3.8) is 0 Å². The molecule has 0 spiro atoms. The predicted octanol–water partition coefficient (Wildman–Crippen LogP) is 4.62. The summed E-state index contributed by atoms with van der Waals surface area (Å²) in [5, 5.41) is 1.97. The van der Waals surface area contributed by atoms with Gasteiger partial charge in [-0.15, -0.1) is 0 Å². The summed E-state index contributed by atoms with van der Waals surface area (Å²) in [5.74, 6) is 0.235. The van der Waals surface area contributed by atoms with Crippen molar-refractivity contribution < 1.29 is 17.4 Å². The molecule has 0 aromatic heterocycles. The van der Waals surface area contributed by atoms with E-state index in [4.69, 9.17) is 4.18 Å². The van der Waals surface area contributed by atoms with Crippen LogP contribution in [0.4, 0.5) is 0 Å². The van der Waals surface area contributed by atoms with Gasteiger partial charge in [-0.05, 0) is 47.9 Å². The van der Waals surface area contributed by atoms with Crippen molar-refractivity contribution in [1.29, 1.82) is 0 Å². The first kappa shape index (κ1) is 20.9. The average molecular weight is 412 g/mol. The molecular weight excluding hydrogens is 386 g/mol. The quantitative estimate of drug-likeness (QED) is 0.532. The van der Waals surface area contributed by atoms with Gasteiger partial charge in [-0.25, -0.2) is 0 Å². The van der Waals surface area contributed by atoms with Gasteiger partial charge in [0, 0.05) is 18.2 Å². The van der Waals surface area contributed by atoms with Crippen LogP contribution in [0.3, 0.4) is 0 Å². The van der Waals surface area contributed by atoms with Gasteiger partial charge in [-0.2, -0.15) is 8.42 Å². The highest BCUT2D eigenvalue weighted by atomic mass is 32.2. The monoisotopic (exact) mass is 411 g/mol. The standard InChI is InChI=1S/C23H25NO4S/c1-4-17(2)24(16-18-12-14-20(15-13-18)28-29(3,26)27)23(25)22-11-7-9-19-8-5-6-10-21(19)22/h5-15,17H,4,16H2,1-3H3. The van der Waals surface area contributed by atoms with Crippen molar-refractivity contribution in [3.8, 4) is 5.75 Å². The van der Waals surface area contributed by atoms with E-state index in [2.05, 4.69) is 6.92 Å². The molecule has 0 bridgehead atoms. The van der Waals surface area contributed by atoms with E-state index in [1.807, 2.05) is 54.3 Å². The molecular formula is C23H25NO4S. The SMILES string of the molecule is CCC(C)N(Cc1ccc(OS(C)(=O)=O)cc1)C(=O)c1cccc2ccccc12.